The van der Waals surface area contributed by atoms with E-state index >= 15 is 0 Å². The minimum Gasteiger partial charge on any atom is -0.398 e. The number of nitrogens with two attached hydrogens (primary N) is 1. The van der Waals surface area contributed by atoms with Gasteiger partial charge in [0.1, 0.15) is 11.8 Å². The summed E-state index contributed by atoms with van der Waals surface area (Å²) in [6.07, 6.45) is -0.575. The molecule has 3 N–H and O–H groups in total. The second-order valence-corrected chi connectivity index (χ2v) is 4.49. The molecule has 3 rings (SSSR count). The monoisotopic (exact) mass is 280 g/mol. The SMILES string of the molecule is [2H]C1(N2C(=O)c3cc(F)cc(N)c3C2([2H])[2H])CCC(=O)NC1=O. The van der Waals surface area contributed by atoms with Crippen molar-refractivity contribution >= 4 is 23.4 Å². The van der Waals surface area contributed by atoms with Crippen LogP contribution in [0.15, 0.2) is 12.1 Å². The Hall–Kier alpha value is -2.44. The normalized spacial score (nSPS) is 30.4. The third-order valence-electron chi connectivity index (χ3n) is 3.16. The Bertz CT molecular complexity index is 770. The fourth-order valence-electron chi connectivity index (χ4n) is 2.21. The lowest BCUT2D eigenvalue weighted by molar-refractivity contribution is -0.136. The van der Waals surface area contributed by atoms with Gasteiger partial charge in [0, 0.05) is 29.7 Å². The number of halogens is 1. The van der Waals surface area contributed by atoms with Gasteiger partial charge in [-0.25, -0.2) is 4.39 Å². The van der Waals surface area contributed by atoms with Crippen molar-refractivity contribution in [2.45, 2.75) is 25.4 Å². The maximum absolute atomic E-state index is 13.5. The van der Waals surface area contributed by atoms with E-state index in [9.17, 15) is 18.8 Å². The molecular weight excluding hydrogens is 265 g/mol. The number of fused-ring (bicyclic) bond motifs is 1. The summed E-state index contributed by atoms with van der Waals surface area (Å²) in [7, 11) is 0. The number of anilines is 1. The van der Waals surface area contributed by atoms with Crippen molar-refractivity contribution in [3.8, 4) is 0 Å². The van der Waals surface area contributed by atoms with Gasteiger partial charge in [0.2, 0.25) is 11.8 Å². The summed E-state index contributed by atoms with van der Waals surface area (Å²) in [6.45, 7) is -2.58. The highest BCUT2D eigenvalue weighted by molar-refractivity contribution is 6.06. The lowest BCUT2D eigenvalue weighted by Gasteiger charge is -2.29. The molecule has 1 unspecified atom stereocenters. The number of amides is 3. The minimum atomic E-state index is -2.58. The van der Waals surface area contributed by atoms with Crippen LogP contribution in [-0.2, 0) is 16.1 Å². The molecule has 104 valence electrons. The Balaban J connectivity index is 2.16. The van der Waals surface area contributed by atoms with Crippen molar-refractivity contribution in [3.63, 3.8) is 0 Å². The van der Waals surface area contributed by atoms with E-state index in [1.807, 2.05) is 5.32 Å². The molecule has 0 spiro atoms. The second-order valence-electron chi connectivity index (χ2n) is 4.49. The van der Waals surface area contributed by atoms with Crippen molar-refractivity contribution in [3.05, 3.63) is 29.1 Å². The highest BCUT2D eigenvalue weighted by atomic mass is 19.1. The van der Waals surface area contributed by atoms with Gasteiger partial charge >= 0.3 is 0 Å². The summed E-state index contributed by atoms with van der Waals surface area (Å²) in [5, 5.41) is 1.93. The van der Waals surface area contributed by atoms with Gasteiger partial charge in [0.05, 0.1) is 4.11 Å². The first kappa shape index (κ1) is 9.46. The van der Waals surface area contributed by atoms with E-state index < -0.39 is 36.1 Å². The van der Waals surface area contributed by atoms with Crippen molar-refractivity contribution in [1.29, 1.82) is 0 Å². The molecule has 1 fully saturated rings. The number of carbonyl (C=O) groups is 3. The van der Waals surface area contributed by atoms with E-state index in [0.29, 0.717) is 4.90 Å². The molecular formula is C13H12FN3O3. The summed E-state index contributed by atoms with van der Waals surface area (Å²) in [5.41, 5.74) is 4.74. The summed E-state index contributed by atoms with van der Waals surface area (Å²) >= 11 is 0. The van der Waals surface area contributed by atoms with Gasteiger partial charge in [0.15, 0.2) is 0 Å². The molecule has 0 saturated carbocycles. The van der Waals surface area contributed by atoms with Crippen LogP contribution in [0, 0.1) is 5.82 Å². The Morgan fingerprint density at radius 1 is 1.45 bits per heavy atom. The second kappa shape index (κ2) is 4.29. The van der Waals surface area contributed by atoms with Crippen LogP contribution in [0.5, 0.6) is 0 Å². The first-order valence-electron chi connectivity index (χ1n) is 7.37. The quantitative estimate of drug-likeness (QED) is 0.566. The van der Waals surface area contributed by atoms with Crippen LogP contribution in [0.4, 0.5) is 10.1 Å². The standard InChI is InChI=1S/C13H12FN3O3/c14-6-3-7-8(9(15)4-6)5-17(13(7)20)10-1-2-11(18)16-12(10)19/h3-4,10H,1-2,5,15H2,(H,16,18,19)/i5D2,10D. The number of hydrogen-bond donors (Lipinski definition) is 2. The molecule has 7 heteroatoms. The van der Waals surface area contributed by atoms with Crippen molar-refractivity contribution in [1.82, 2.24) is 10.2 Å². The minimum absolute atomic E-state index is 0.213. The third-order valence-corrected chi connectivity index (χ3v) is 3.16. The fourth-order valence-corrected chi connectivity index (χ4v) is 2.21. The summed E-state index contributed by atoms with van der Waals surface area (Å²) in [4.78, 5) is 36.3. The van der Waals surface area contributed by atoms with E-state index in [-0.39, 0.29) is 29.7 Å². The highest BCUT2D eigenvalue weighted by Gasteiger charge is 2.39. The number of benzene rings is 1. The van der Waals surface area contributed by atoms with E-state index in [1.54, 1.807) is 0 Å². The lowest BCUT2D eigenvalue weighted by atomic mass is 10.0. The maximum atomic E-state index is 13.5. The molecule has 1 saturated heterocycles. The van der Waals surface area contributed by atoms with Gasteiger partial charge in [0.25, 0.3) is 5.91 Å². The van der Waals surface area contributed by atoms with Crippen LogP contribution in [0.1, 0.15) is 32.9 Å². The summed E-state index contributed by atoms with van der Waals surface area (Å²) in [6, 6.07) is -0.633. The smallest absolute Gasteiger partial charge is 0.255 e. The van der Waals surface area contributed by atoms with Gasteiger partial charge in [-0.15, -0.1) is 0 Å². The van der Waals surface area contributed by atoms with Crippen LogP contribution in [0.2, 0.25) is 0 Å². The van der Waals surface area contributed by atoms with Crippen molar-refractivity contribution < 1.29 is 22.9 Å². The van der Waals surface area contributed by atoms with Crippen LogP contribution in [-0.4, -0.2) is 28.6 Å². The van der Waals surface area contributed by atoms with E-state index in [4.69, 9.17) is 9.85 Å². The topological polar surface area (TPSA) is 92.5 Å². The number of nitrogen functional groups attached to an aromatic ring is 1. The van der Waals surface area contributed by atoms with Crippen LogP contribution >= 0.6 is 0 Å². The van der Waals surface area contributed by atoms with Gasteiger partial charge < -0.3 is 10.6 Å². The fraction of sp³-hybridized carbons (Fsp3) is 0.308. The molecule has 0 aromatic heterocycles. The average Bonchev–Trinajstić information content (AvgIpc) is 2.62. The summed E-state index contributed by atoms with van der Waals surface area (Å²) < 4.78 is 38.1. The van der Waals surface area contributed by atoms with Crippen LogP contribution in [0.3, 0.4) is 0 Å². The van der Waals surface area contributed by atoms with E-state index in [1.165, 1.54) is 0 Å². The number of hydrogen-bond acceptors (Lipinski definition) is 4. The third kappa shape index (κ3) is 1.82. The molecule has 0 bridgehead atoms. The molecule has 6 nitrogen and oxygen atoms in total. The maximum Gasteiger partial charge on any atom is 0.255 e. The Morgan fingerprint density at radius 3 is 2.90 bits per heavy atom. The Kier molecular flexibility index (Phi) is 2.03. The Labute approximate surface area is 117 Å². The molecule has 0 radical (unpaired) electrons. The number of nitrogens with one attached hydrogen (secondary N) is 1. The largest absolute Gasteiger partial charge is 0.398 e. The molecule has 1 aromatic rings. The molecule has 20 heavy (non-hydrogen) atoms. The molecule has 2 aliphatic rings. The first-order chi connectivity index (χ1) is 10.6. The number of piperidine rings is 1. The van der Waals surface area contributed by atoms with E-state index in [2.05, 4.69) is 0 Å². The predicted molar refractivity (Wildman–Crippen MR) is 66.9 cm³/mol. The Morgan fingerprint density at radius 2 is 2.20 bits per heavy atom. The zero-order valence-electron chi connectivity index (χ0n) is 13.2. The zero-order chi connectivity index (χ0) is 17.2. The van der Waals surface area contributed by atoms with Crippen LogP contribution in [0.25, 0.3) is 0 Å². The highest BCUT2D eigenvalue weighted by Crippen LogP contribution is 2.31. The average molecular weight is 280 g/mol. The predicted octanol–water partition coefficient (Wildman–Crippen LogP) is 0.169. The van der Waals surface area contributed by atoms with Crippen LogP contribution < -0.4 is 11.1 Å². The van der Waals surface area contributed by atoms with Gasteiger partial charge in [-0.3, -0.25) is 19.7 Å². The molecule has 2 heterocycles. The number of carbonyl (C=O) groups excluding carboxylic acids is 3. The van der Waals surface area contributed by atoms with Gasteiger partial charge in [-0.1, -0.05) is 0 Å². The van der Waals surface area contributed by atoms with Crippen molar-refractivity contribution in [2.75, 3.05) is 5.73 Å². The van der Waals surface area contributed by atoms with E-state index in [0.717, 1.165) is 12.1 Å². The molecule has 0 aliphatic carbocycles. The lowest BCUT2D eigenvalue weighted by Crippen LogP contribution is -2.52. The molecule has 1 aromatic carbocycles. The summed E-state index contributed by atoms with van der Waals surface area (Å²) in [5.74, 6) is -3.55. The molecule has 3 amide bonds. The number of imide groups is 1. The zero-order valence-corrected chi connectivity index (χ0v) is 10.2. The number of nitrogens with zero attached hydrogens (tertiary/aromatic N) is 1. The first-order valence-corrected chi connectivity index (χ1v) is 5.87. The van der Waals surface area contributed by atoms with Crippen molar-refractivity contribution in [2.24, 2.45) is 0 Å². The van der Waals surface area contributed by atoms with Gasteiger partial charge in [-0.05, 0) is 18.6 Å². The van der Waals surface area contributed by atoms with Gasteiger partial charge in [-0.2, -0.15) is 0 Å². The molecule has 1 atom stereocenters. The number of rotatable bonds is 1. The molecule has 2 aliphatic heterocycles.